The topological polar surface area (TPSA) is 76.2 Å². The molecule has 0 spiro atoms. The number of carbonyl (C=O) groups is 1. The molecule has 0 aliphatic heterocycles. The van der Waals surface area contributed by atoms with Gasteiger partial charge in [0.25, 0.3) is 0 Å². The number of nitrogens with two attached hydrogens (primary N) is 1. The Bertz CT molecular complexity index is 493. The van der Waals surface area contributed by atoms with E-state index in [0.29, 0.717) is 12.1 Å². The summed E-state index contributed by atoms with van der Waals surface area (Å²) in [5, 5.41) is 9.66. The Labute approximate surface area is 84.0 Å². The fourth-order valence-electron chi connectivity index (χ4n) is 1.25. The highest BCUT2D eigenvalue weighted by atomic mass is 32.1. The molecule has 0 unspecified atom stereocenters. The van der Waals surface area contributed by atoms with Crippen LogP contribution in [0, 0.1) is 0 Å². The maximum atomic E-state index is 10.8. The zero-order valence-corrected chi connectivity index (χ0v) is 8.04. The molecule has 2 aromatic rings. The molecule has 0 saturated carbocycles. The quantitative estimate of drug-likeness (QED) is 0.783. The molecule has 1 heterocycles. The SMILES string of the molecule is NCc1nc2c(C(=O)O)cccc2s1. The molecule has 0 bridgehead atoms. The van der Waals surface area contributed by atoms with E-state index in [1.54, 1.807) is 12.1 Å². The first kappa shape index (κ1) is 9.11. The van der Waals surface area contributed by atoms with E-state index in [4.69, 9.17) is 10.8 Å². The smallest absolute Gasteiger partial charge is 0.337 e. The van der Waals surface area contributed by atoms with Gasteiger partial charge < -0.3 is 10.8 Å². The van der Waals surface area contributed by atoms with Gasteiger partial charge in [0.15, 0.2) is 0 Å². The van der Waals surface area contributed by atoms with Gasteiger partial charge in [-0.1, -0.05) is 6.07 Å². The maximum Gasteiger partial charge on any atom is 0.337 e. The summed E-state index contributed by atoms with van der Waals surface area (Å²) >= 11 is 1.43. The Balaban J connectivity index is 2.73. The summed E-state index contributed by atoms with van der Waals surface area (Å²) in [6, 6.07) is 5.10. The van der Waals surface area contributed by atoms with E-state index in [1.165, 1.54) is 11.3 Å². The van der Waals surface area contributed by atoms with Gasteiger partial charge in [-0.05, 0) is 12.1 Å². The molecule has 1 aromatic carbocycles. The summed E-state index contributed by atoms with van der Waals surface area (Å²) < 4.78 is 0.866. The number of carboxylic acids is 1. The molecular formula is C9H8N2O2S. The second-order valence-electron chi connectivity index (χ2n) is 2.77. The molecule has 0 saturated heterocycles. The van der Waals surface area contributed by atoms with Gasteiger partial charge in [-0.15, -0.1) is 11.3 Å². The Morgan fingerprint density at radius 2 is 2.36 bits per heavy atom. The van der Waals surface area contributed by atoms with Crippen LogP contribution in [0.1, 0.15) is 15.4 Å². The molecule has 2 rings (SSSR count). The summed E-state index contributed by atoms with van der Waals surface area (Å²) in [4.78, 5) is 15.0. The zero-order chi connectivity index (χ0) is 10.1. The van der Waals surface area contributed by atoms with Gasteiger partial charge in [0.05, 0.1) is 15.8 Å². The maximum absolute atomic E-state index is 10.8. The van der Waals surface area contributed by atoms with Gasteiger partial charge >= 0.3 is 5.97 Å². The number of aromatic carboxylic acids is 1. The van der Waals surface area contributed by atoms with Crippen LogP contribution >= 0.6 is 11.3 Å². The number of carboxylic acid groups (broad SMARTS) is 1. The van der Waals surface area contributed by atoms with E-state index in [-0.39, 0.29) is 5.56 Å². The lowest BCUT2D eigenvalue weighted by atomic mass is 10.2. The molecule has 1 aromatic heterocycles. The third-order valence-corrected chi connectivity index (χ3v) is 2.91. The molecule has 0 aliphatic rings. The number of nitrogens with zero attached hydrogens (tertiary/aromatic N) is 1. The second-order valence-corrected chi connectivity index (χ2v) is 3.88. The predicted molar refractivity (Wildman–Crippen MR) is 54.5 cm³/mol. The van der Waals surface area contributed by atoms with Crippen molar-refractivity contribution in [3.05, 3.63) is 28.8 Å². The van der Waals surface area contributed by atoms with Crippen LogP contribution in [0.15, 0.2) is 18.2 Å². The van der Waals surface area contributed by atoms with Crippen LogP contribution in [0.5, 0.6) is 0 Å². The first-order chi connectivity index (χ1) is 6.72. The lowest BCUT2D eigenvalue weighted by molar-refractivity contribution is 0.0699. The summed E-state index contributed by atoms with van der Waals surface area (Å²) in [6.45, 7) is 0.346. The van der Waals surface area contributed by atoms with Crippen LogP contribution in [0.25, 0.3) is 10.2 Å². The average molecular weight is 208 g/mol. The minimum absolute atomic E-state index is 0.235. The van der Waals surface area contributed by atoms with Crippen molar-refractivity contribution in [2.24, 2.45) is 5.73 Å². The largest absolute Gasteiger partial charge is 0.478 e. The Morgan fingerprint density at radius 1 is 1.57 bits per heavy atom. The second kappa shape index (κ2) is 3.36. The molecular weight excluding hydrogens is 200 g/mol. The van der Waals surface area contributed by atoms with Crippen LogP contribution in [-0.4, -0.2) is 16.1 Å². The minimum Gasteiger partial charge on any atom is -0.478 e. The highest BCUT2D eigenvalue weighted by Gasteiger charge is 2.11. The van der Waals surface area contributed by atoms with Crippen LogP contribution < -0.4 is 5.73 Å². The Kier molecular flexibility index (Phi) is 2.18. The molecule has 0 atom stereocenters. The van der Waals surface area contributed by atoms with E-state index < -0.39 is 5.97 Å². The molecule has 0 amide bonds. The number of hydrogen-bond acceptors (Lipinski definition) is 4. The predicted octanol–water partition coefficient (Wildman–Crippen LogP) is 1.45. The number of aromatic nitrogens is 1. The van der Waals surface area contributed by atoms with Crippen molar-refractivity contribution in [1.82, 2.24) is 4.98 Å². The van der Waals surface area contributed by atoms with Crippen molar-refractivity contribution in [3.8, 4) is 0 Å². The standard InChI is InChI=1S/C9H8N2O2S/c10-4-7-11-8-5(9(12)13)2-1-3-6(8)14-7/h1-3H,4,10H2,(H,12,13). The molecule has 14 heavy (non-hydrogen) atoms. The molecule has 0 aliphatic carbocycles. The van der Waals surface area contributed by atoms with Gasteiger partial charge in [-0.2, -0.15) is 0 Å². The van der Waals surface area contributed by atoms with E-state index in [9.17, 15) is 4.79 Å². The number of benzene rings is 1. The average Bonchev–Trinajstić information content (AvgIpc) is 2.59. The number of fused-ring (bicyclic) bond motifs is 1. The Hall–Kier alpha value is -1.46. The molecule has 3 N–H and O–H groups in total. The van der Waals surface area contributed by atoms with Gasteiger partial charge in [-0.3, -0.25) is 0 Å². The normalized spacial score (nSPS) is 10.6. The van der Waals surface area contributed by atoms with E-state index >= 15 is 0 Å². The third kappa shape index (κ3) is 1.36. The van der Waals surface area contributed by atoms with Gasteiger partial charge in [0, 0.05) is 6.54 Å². The molecule has 0 radical (unpaired) electrons. The molecule has 5 heteroatoms. The zero-order valence-electron chi connectivity index (χ0n) is 7.23. The first-order valence-electron chi connectivity index (χ1n) is 4.04. The van der Waals surface area contributed by atoms with Crippen LogP contribution in [0.2, 0.25) is 0 Å². The van der Waals surface area contributed by atoms with Crippen molar-refractivity contribution in [3.63, 3.8) is 0 Å². The lowest BCUT2D eigenvalue weighted by Gasteiger charge is -1.93. The lowest BCUT2D eigenvalue weighted by Crippen LogP contribution is -1.98. The molecule has 4 nitrogen and oxygen atoms in total. The third-order valence-electron chi connectivity index (χ3n) is 1.87. The Morgan fingerprint density at radius 3 is 3.00 bits per heavy atom. The summed E-state index contributed by atoms with van der Waals surface area (Å²) in [7, 11) is 0. The fourth-order valence-corrected chi connectivity index (χ4v) is 2.13. The molecule has 0 fully saturated rings. The van der Waals surface area contributed by atoms with Gasteiger partial charge in [-0.25, -0.2) is 9.78 Å². The number of para-hydroxylation sites is 1. The summed E-state index contributed by atoms with van der Waals surface area (Å²) in [5.41, 5.74) is 6.21. The monoisotopic (exact) mass is 208 g/mol. The van der Waals surface area contributed by atoms with Gasteiger partial charge in [0.2, 0.25) is 0 Å². The van der Waals surface area contributed by atoms with Crippen LogP contribution in [-0.2, 0) is 6.54 Å². The van der Waals surface area contributed by atoms with Gasteiger partial charge in [0.1, 0.15) is 5.01 Å². The van der Waals surface area contributed by atoms with E-state index in [2.05, 4.69) is 4.98 Å². The number of rotatable bonds is 2. The van der Waals surface area contributed by atoms with Crippen molar-refractivity contribution >= 4 is 27.5 Å². The van der Waals surface area contributed by atoms with Crippen molar-refractivity contribution in [2.45, 2.75) is 6.54 Å². The van der Waals surface area contributed by atoms with E-state index in [0.717, 1.165) is 9.71 Å². The van der Waals surface area contributed by atoms with Crippen molar-refractivity contribution in [2.75, 3.05) is 0 Å². The summed E-state index contributed by atoms with van der Waals surface area (Å²) in [6.07, 6.45) is 0. The fraction of sp³-hybridized carbons (Fsp3) is 0.111. The minimum atomic E-state index is -0.954. The molecule has 72 valence electrons. The van der Waals surface area contributed by atoms with Crippen molar-refractivity contribution in [1.29, 1.82) is 0 Å². The van der Waals surface area contributed by atoms with Crippen LogP contribution in [0.4, 0.5) is 0 Å². The highest BCUT2D eigenvalue weighted by Crippen LogP contribution is 2.24. The number of hydrogen-bond donors (Lipinski definition) is 2. The number of thiazole rings is 1. The van der Waals surface area contributed by atoms with Crippen molar-refractivity contribution < 1.29 is 9.90 Å². The van der Waals surface area contributed by atoms with Crippen LogP contribution in [0.3, 0.4) is 0 Å². The summed E-state index contributed by atoms with van der Waals surface area (Å²) in [5.74, 6) is -0.954. The van der Waals surface area contributed by atoms with E-state index in [1.807, 2.05) is 6.07 Å². The first-order valence-corrected chi connectivity index (χ1v) is 4.86. The highest BCUT2D eigenvalue weighted by molar-refractivity contribution is 7.18.